The first-order valence-corrected chi connectivity index (χ1v) is 11.7. The fraction of sp³-hybridized carbons (Fsp3) is 0.250. The highest BCUT2D eigenvalue weighted by molar-refractivity contribution is 7.13. The van der Waals surface area contributed by atoms with Crippen molar-refractivity contribution in [1.29, 1.82) is 0 Å². The molecule has 0 radical (unpaired) electrons. The van der Waals surface area contributed by atoms with Gasteiger partial charge in [0.1, 0.15) is 5.82 Å². The molecule has 1 aliphatic rings. The summed E-state index contributed by atoms with van der Waals surface area (Å²) in [5.41, 5.74) is 1.48. The molecule has 0 spiro atoms. The van der Waals surface area contributed by atoms with Crippen LogP contribution >= 0.6 is 11.3 Å². The Hall–Kier alpha value is -3.99. The summed E-state index contributed by atoms with van der Waals surface area (Å²) >= 11 is 1.28. The van der Waals surface area contributed by atoms with Crippen LogP contribution in [-0.2, 0) is 27.5 Å². The van der Waals surface area contributed by atoms with E-state index in [-0.39, 0.29) is 62.8 Å². The van der Waals surface area contributed by atoms with Gasteiger partial charge in [0.15, 0.2) is 16.6 Å². The van der Waals surface area contributed by atoms with Crippen molar-refractivity contribution in [2.45, 2.75) is 25.9 Å². The van der Waals surface area contributed by atoms with E-state index >= 15 is 0 Å². The van der Waals surface area contributed by atoms with Crippen molar-refractivity contribution >= 4 is 34.2 Å². The van der Waals surface area contributed by atoms with Crippen molar-refractivity contribution in [1.82, 2.24) is 15.2 Å². The second-order valence-corrected chi connectivity index (χ2v) is 8.62. The number of thiazole rings is 1. The van der Waals surface area contributed by atoms with Crippen LogP contribution in [0.1, 0.15) is 24.0 Å². The van der Waals surface area contributed by atoms with Crippen LogP contribution in [0.15, 0.2) is 54.0 Å². The summed E-state index contributed by atoms with van der Waals surface area (Å²) in [6.45, 7) is 0.263. The third kappa shape index (κ3) is 7.00. The zero-order valence-corrected chi connectivity index (χ0v) is 19.5. The molecule has 4 rings (SSSR count). The van der Waals surface area contributed by atoms with Gasteiger partial charge in [-0.3, -0.25) is 14.4 Å². The molecule has 1 aliphatic heterocycles. The summed E-state index contributed by atoms with van der Waals surface area (Å²) in [4.78, 5) is 43.2. The number of aromatic nitrogens is 1. The lowest BCUT2D eigenvalue weighted by Gasteiger charge is -2.22. The van der Waals surface area contributed by atoms with Crippen molar-refractivity contribution in [3.05, 3.63) is 71.0 Å². The number of halogens is 1. The minimum atomic E-state index is -0.379. The van der Waals surface area contributed by atoms with Crippen LogP contribution in [0.25, 0.3) is 0 Å². The fourth-order valence-corrected chi connectivity index (χ4v) is 3.91. The predicted octanol–water partition coefficient (Wildman–Crippen LogP) is 3.07. The van der Waals surface area contributed by atoms with Crippen molar-refractivity contribution < 1.29 is 28.2 Å². The molecule has 0 saturated heterocycles. The number of carbonyl (C=O) groups excluding carboxylic acids is 3. The number of amides is 3. The smallest absolute Gasteiger partial charge is 0.239 e. The van der Waals surface area contributed by atoms with Gasteiger partial charge in [0.05, 0.1) is 6.54 Å². The number of carbonyl (C=O) groups is 3. The maximum atomic E-state index is 13.1. The molecule has 0 unspecified atom stereocenters. The summed E-state index contributed by atoms with van der Waals surface area (Å²) < 4.78 is 23.8. The number of rotatable bonds is 10. The molecule has 35 heavy (non-hydrogen) atoms. The van der Waals surface area contributed by atoms with Gasteiger partial charge >= 0.3 is 0 Å². The molecular weight excluding hydrogens is 475 g/mol. The average Bonchev–Trinajstić information content (AvgIpc) is 3.53. The predicted molar refractivity (Wildman–Crippen MR) is 126 cm³/mol. The quantitative estimate of drug-likeness (QED) is 0.445. The second-order valence-electron chi connectivity index (χ2n) is 7.73. The first-order valence-electron chi connectivity index (χ1n) is 10.8. The Labute approximate surface area is 204 Å². The lowest BCUT2D eigenvalue weighted by atomic mass is 10.1. The van der Waals surface area contributed by atoms with Gasteiger partial charge < -0.3 is 25.0 Å². The number of nitrogens with zero attached hydrogens (tertiary/aromatic N) is 2. The van der Waals surface area contributed by atoms with Gasteiger partial charge in [0.2, 0.25) is 24.5 Å². The Bertz CT molecular complexity index is 1190. The van der Waals surface area contributed by atoms with Gasteiger partial charge in [0, 0.05) is 37.5 Å². The van der Waals surface area contributed by atoms with E-state index in [1.807, 2.05) is 0 Å². The molecule has 2 heterocycles. The third-order valence-corrected chi connectivity index (χ3v) is 5.83. The Balaban J connectivity index is 1.37. The number of benzene rings is 2. The van der Waals surface area contributed by atoms with Gasteiger partial charge in [-0.1, -0.05) is 18.2 Å². The van der Waals surface area contributed by atoms with E-state index in [0.717, 1.165) is 11.1 Å². The first-order chi connectivity index (χ1) is 17.0. The average molecular weight is 499 g/mol. The maximum absolute atomic E-state index is 13.1. The van der Waals surface area contributed by atoms with Gasteiger partial charge in [-0.2, -0.15) is 0 Å². The van der Waals surface area contributed by atoms with Crippen molar-refractivity contribution in [2.24, 2.45) is 0 Å². The van der Waals surface area contributed by atoms with Gasteiger partial charge in [0.25, 0.3) is 0 Å². The molecule has 3 aromatic rings. The minimum Gasteiger partial charge on any atom is -0.454 e. The maximum Gasteiger partial charge on any atom is 0.239 e. The summed E-state index contributed by atoms with van der Waals surface area (Å²) in [5.74, 6) is -0.248. The normalized spacial score (nSPS) is 11.7. The third-order valence-electron chi connectivity index (χ3n) is 5.15. The van der Waals surface area contributed by atoms with Crippen molar-refractivity contribution in [3.63, 3.8) is 0 Å². The lowest BCUT2D eigenvalue weighted by Crippen LogP contribution is -2.40. The topological polar surface area (TPSA) is 110 Å². The summed E-state index contributed by atoms with van der Waals surface area (Å²) in [5, 5.41) is 7.57. The van der Waals surface area contributed by atoms with Crippen LogP contribution in [0.3, 0.4) is 0 Å². The minimum absolute atomic E-state index is 0.0484. The van der Waals surface area contributed by atoms with E-state index in [1.54, 1.807) is 41.9 Å². The molecule has 2 N–H and O–H groups in total. The van der Waals surface area contributed by atoms with Crippen LogP contribution in [0.4, 0.5) is 9.52 Å². The van der Waals surface area contributed by atoms with Crippen molar-refractivity contribution in [2.75, 3.05) is 18.7 Å². The van der Waals surface area contributed by atoms with Crippen LogP contribution in [0, 0.1) is 5.82 Å². The number of fused-ring (bicyclic) bond motifs is 1. The number of hydrogen-bond donors (Lipinski definition) is 2. The first kappa shape index (κ1) is 24.1. The van der Waals surface area contributed by atoms with Crippen LogP contribution < -0.4 is 20.1 Å². The molecule has 0 fully saturated rings. The van der Waals surface area contributed by atoms with E-state index in [1.165, 1.54) is 28.4 Å². The Kier molecular flexibility index (Phi) is 7.88. The molecule has 3 amide bonds. The van der Waals surface area contributed by atoms with Crippen LogP contribution in [0.2, 0.25) is 0 Å². The Morgan fingerprint density at radius 1 is 1.00 bits per heavy atom. The van der Waals surface area contributed by atoms with E-state index < -0.39 is 0 Å². The van der Waals surface area contributed by atoms with Crippen molar-refractivity contribution in [3.8, 4) is 11.5 Å². The molecule has 1 aromatic heterocycles. The standard InChI is InChI=1S/C24H23FN4O5S/c25-18-4-1-16(2-5-18)12-27-22(31)14-29(13-17-3-6-19-20(11-17)34-15-33-19)23(32)8-7-21(30)28-24-26-9-10-35-24/h1-6,9-11H,7-8,12-15H2,(H,27,31)(H,26,28,30). The van der Waals surface area contributed by atoms with Gasteiger partial charge in [-0.25, -0.2) is 9.37 Å². The summed E-state index contributed by atoms with van der Waals surface area (Å²) in [6, 6.07) is 11.1. The second kappa shape index (κ2) is 11.4. The van der Waals surface area contributed by atoms with E-state index in [2.05, 4.69) is 15.6 Å². The molecule has 0 bridgehead atoms. The number of hydrogen-bond acceptors (Lipinski definition) is 7. The molecule has 0 atom stereocenters. The molecule has 11 heteroatoms. The highest BCUT2D eigenvalue weighted by Gasteiger charge is 2.21. The number of anilines is 1. The largest absolute Gasteiger partial charge is 0.454 e. The molecule has 9 nitrogen and oxygen atoms in total. The number of nitrogens with one attached hydrogen (secondary N) is 2. The van der Waals surface area contributed by atoms with Gasteiger partial charge in [-0.15, -0.1) is 11.3 Å². The summed E-state index contributed by atoms with van der Waals surface area (Å²) in [6.07, 6.45) is 1.45. The SMILES string of the molecule is O=C(CN(Cc1ccc2c(c1)OCO2)C(=O)CCC(=O)Nc1nccs1)NCc1ccc(F)cc1. The molecule has 182 valence electrons. The lowest BCUT2D eigenvalue weighted by molar-refractivity contribution is -0.137. The van der Waals surface area contributed by atoms with E-state index in [0.29, 0.717) is 16.6 Å². The van der Waals surface area contributed by atoms with Gasteiger partial charge in [-0.05, 0) is 35.4 Å². The molecule has 0 aliphatic carbocycles. The monoisotopic (exact) mass is 498 g/mol. The zero-order valence-electron chi connectivity index (χ0n) is 18.7. The Morgan fingerprint density at radius 3 is 2.54 bits per heavy atom. The molecular formula is C24H23FN4O5S. The number of ether oxygens (including phenoxy) is 2. The van der Waals surface area contributed by atoms with Crippen LogP contribution in [-0.4, -0.2) is 40.9 Å². The Morgan fingerprint density at radius 2 is 1.77 bits per heavy atom. The highest BCUT2D eigenvalue weighted by atomic mass is 32.1. The summed E-state index contributed by atoms with van der Waals surface area (Å²) in [7, 11) is 0. The van der Waals surface area contributed by atoms with E-state index in [4.69, 9.17) is 9.47 Å². The molecule has 0 saturated carbocycles. The van der Waals surface area contributed by atoms with E-state index in [9.17, 15) is 18.8 Å². The highest BCUT2D eigenvalue weighted by Crippen LogP contribution is 2.32. The van der Waals surface area contributed by atoms with Crippen LogP contribution in [0.5, 0.6) is 11.5 Å². The zero-order chi connectivity index (χ0) is 24.6. The fourth-order valence-electron chi connectivity index (χ4n) is 3.37. The molecule has 2 aromatic carbocycles.